The van der Waals surface area contributed by atoms with Crippen molar-refractivity contribution in [3.8, 4) is 0 Å². The second-order valence-electron chi connectivity index (χ2n) is 5.29. The maximum absolute atomic E-state index is 4.28. The van der Waals surface area contributed by atoms with Crippen molar-refractivity contribution in [3.05, 3.63) is 16.1 Å². The molecule has 0 radical (unpaired) electrons. The molecule has 1 aliphatic rings. The molecular formula is C14H24N2S. The first kappa shape index (κ1) is 13.0. The summed E-state index contributed by atoms with van der Waals surface area (Å²) in [5.41, 5.74) is 3.14. The van der Waals surface area contributed by atoms with Crippen LogP contribution in [0.4, 0.5) is 0 Å². The molecule has 3 heteroatoms. The maximum Gasteiger partial charge on any atom is 0.0798 e. The van der Waals surface area contributed by atoms with E-state index in [4.69, 9.17) is 0 Å². The summed E-state index contributed by atoms with van der Waals surface area (Å²) in [5.74, 6) is 1.92. The van der Waals surface area contributed by atoms with E-state index in [1.807, 2.05) is 5.51 Å². The average molecular weight is 252 g/mol. The van der Waals surface area contributed by atoms with Crippen LogP contribution in [0.3, 0.4) is 0 Å². The molecule has 0 amide bonds. The van der Waals surface area contributed by atoms with Crippen LogP contribution in [-0.4, -0.2) is 11.5 Å². The maximum atomic E-state index is 4.28. The second kappa shape index (κ2) is 6.50. The molecule has 0 saturated heterocycles. The number of rotatable bonds is 5. The summed E-state index contributed by atoms with van der Waals surface area (Å²) in [6.07, 6.45) is 7.12. The van der Waals surface area contributed by atoms with Gasteiger partial charge in [0.2, 0.25) is 0 Å². The zero-order chi connectivity index (χ0) is 12.1. The molecule has 1 saturated carbocycles. The van der Waals surface area contributed by atoms with Gasteiger partial charge in [-0.15, -0.1) is 11.3 Å². The van der Waals surface area contributed by atoms with Gasteiger partial charge in [-0.05, 0) is 38.1 Å². The minimum Gasteiger partial charge on any atom is -0.312 e. The van der Waals surface area contributed by atoms with Crippen molar-refractivity contribution < 1.29 is 0 Å². The molecule has 0 spiro atoms. The first-order chi connectivity index (χ1) is 8.29. The van der Waals surface area contributed by atoms with Crippen LogP contribution in [0.5, 0.6) is 0 Å². The molecule has 0 atom stereocenters. The largest absolute Gasteiger partial charge is 0.312 e. The predicted octanol–water partition coefficient (Wildman–Crippen LogP) is 3.76. The molecule has 1 fully saturated rings. The third kappa shape index (κ3) is 3.78. The third-order valence-corrected chi connectivity index (χ3v) is 5.04. The van der Waals surface area contributed by atoms with E-state index >= 15 is 0 Å². The number of nitrogens with zero attached hydrogens (tertiary/aromatic N) is 1. The Morgan fingerprint density at radius 1 is 1.29 bits per heavy atom. The molecule has 2 nitrogen and oxygen atoms in total. The van der Waals surface area contributed by atoms with Crippen molar-refractivity contribution in [2.75, 3.05) is 6.54 Å². The highest BCUT2D eigenvalue weighted by molar-refractivity contribution is 7.09. The molecule has 1 heterocycles. The molecule has 2 rings (SSSR count). The second-order valence-corrected chi connectivity index (χ2v) is 6.23. The minimum atomic E-state index is 0.908. The van der Waals surface area contributed by atoms with Gasteiger partial charge in [0.1, 0.15) is 0 Å². The minimum absolute atomic E-state index is 0.908. The standard InChI is InChI=1S/C14H24N2S/c1-3-12-4-6-13(7-5-12)8-15-9-14-11(2)16-10-17-14/h10,12-13,15H,3-9H2,1-2H3. The number of hydrogen-bond acceptors (Lipinski definition) is 3. The van der Waals surface area contributed by atoms with Crippen molar-refractivity contribution >= 4 is 11.3 Å². The average Bonchev–Trinajstić information content (AvgIpc) is 2.76. The van der Waals surface area contributed by atoms with Crippen molar-refractivity contribution in [1.29, 1.82) is 0 Å². The summed E-state index contributed by atoms with van der Waals surface area (Å²) >= 11 is 1.77. The highest BCUT2D eigenvalue weighted by atomic mass is 32.1. The van der Waals surface area contributed by atoms with Gasteiger partial charge in [-0.2, -0.15) is 0 Å². The monoisotopic (exact) mass is 252 g/mol. The van der Waals surface area contributed by atoms with Gasteiger partial charge in [0.15, 0.2) is 0 Å². The van der Waals surface area contributed by atoms with Crippen LogP contribution in [0.25, 0.3) is 0 Å². The quantitative estimate of drug-likeness (QED) is 0.863. The first-order valence-electron chi connectivity index (χ1n) is 6.89. The fourth-order valence-electron chi connectivity index (χ4n) is 2.73. The summed E-state index contributed by atoms with van der Waals surface area (Å²) < 4.78 is 0. The Balaban J connectivity index is 1.65. The SMILES string of the molecule is CCC1CCC(CNCc2scnc2C)CC1. The summed E-state index contributed by atoms with van der Waals surface area (Å²) in [7, 11) is 0. The summed E-state index contributed by atoms with van der Waals surface area (Å²) in [4.78, 5) is 5.68. The van der Waals surface area contributed by atoms with E-state index in [2.05, 4.69) is 24.1 Å². The summed E-state index contributed by atoms with van der Waals surface area (Å²) in [6, 6.07) is 0. The Kier molecular flexibility index (Phi) is 4.99. The van der Waals surface area contributed by atoms with Gasteiger partial charge in [0.05, 0.1) is 11.2 Å². The Morgan fingerprint density at radius 2 is 2.00 bits per heavy atom. The molecule has 17 heavy (non-hydrogen) atoms. The Morgan fingerprint density at radius 3 is 2.59 bits per heavy atom. The van der Waals surface area contributed by atoms with E-state index in [0.29, 0.717) is 0 Å². The highest BCUT2D eigenvalue weighted by Crippen LogP contribution is 2.30. The van der Waals surface area contributed by atoms with Crippen LogP contribution in [0.15, 0.2) is 5.51 Å². The van der Waals surface area contributed by atoms with Gasteiger partial charge < -0.3 is 5.32 Å². The van der Waals surface area contributed by atoms with Gasteiger partial charge >= 0.3 is 0 Å². The molecule has 1 aliphatic carbocycles. The molecule has 0 aromatic carbocycles. The zero-order valence-electron chi connectivity index (χ0n) is 11.0. The van der Waals surface area contributed by atoms with Crippen LogP contribution in [0, 0.1) is 18.8 Å². The lowest BCUT2D eigenvalue weighted by molar-refractivity contribution is 0.262. The lowest BCUT2D eigenvalue weighted by atomic mass is 9.81. The Bertz CT molecular complexity index is 327. The van der Waals surface area contributed by atoms with Crippen LogP contribution < -0.4 is 5.32 Å². The summed E-state index contributed by atoms with van der Waals surface area (Å²) in [6.45, 7) is 6.62. The van der Waals surface area contributed by atoms with E-state index in [9.17, 15) is 0 Å². The highest BCUT2D eigenvalue weighted by Gasteiger charge is 2.19. The number of aryl methyl sites for hydroxylation is 1. The molecule has 1 N–H and O–H groups in total. The normalized spacial score (nSPS) is 25.1. The number of nitrogens with one attached hydrogen (secondary N) is 1. The number of hydrogen-bond donors (Lipinski definition) is 1. The topological polar surface area (TPSA) is 24.9 Å². The molecule has 0 bridgehead atoms. The van der Waals surface area contributed by atoms with Gasteiger partial charge in [-0.25, -0.2) is 4.98 Å². The molecule has 1 aromatic heterocycles. The van der Waals surface area contributed by atoms with Crippen molar-refractivity contribution in [1.82, 2.24) is 10.3 Å². The summed E-state index contributed by atoms with van der Waals surface area (Å²) in [5, 5.41) is 3.60. The van der Waals surface area contributed by atoms with E-state index < -0.39 is 0 Å². The fraction of sp³-hybridized carbons (Fsp3) is 0.786. The van der Waals surface area contributed by atoms with Crippen molar-refractivity contribution in [3.63, 3.8) is 0 Å². The molecule has 0 unspecified atom stereocenters. The van der Waals surface area contributed by atoms with Crippen LogP contribution >= 0.6 is 11.3 Å². The Hall–Kier alpha value is -0.410. The van der Waals surface area contributed by atoms with Crippen molar-refractivity contribution in [2.24, 2.45) is 11.8 Å². The molecule has 1 aromatic rings. The van der Waals surface area contributed by atoms with Crippen LogP contribution in [-0.2, 0) is 6.54 Å². The Labute approximate surface area is 109 Å². The number of thiazole rings is 1. The first-order valence-corrected chi connectivity index (χ1v) is 7.77. The van der Waals surface area contributed by atoms with Gasteiger partial charge in [-0.3, -0.25) is 0 Å². The van der Waals surface area contributed by atoms with Crippen LogP contribution in [0.2, 0.25) is 0 Å². The fourth-order valence-corrected chi connectivity index (χ4v) is 3.48. The lowest BCUT2D eigenvalue weighted by Crippen LogP contribution is -2.26. The van der Waals surface area contributed by atoms with E-state index in [0.717, 1.165) is 18.4 Å². The third-order valence-electron chi connectivity index (χ3n) is 4.11. The molecule has 0 aliphatic heterocycles. The van der Waals surface area contributed by atoms with E-state index in [1.54, 1.807) is 11.3 Å². The molecule has 96 valence electrons. The number of aromatic nitrogens is 1. The molecular weight excluding hydrogens is 228 g/mol. The van der Waals surface area contributed by atoms with E-state index in [-0.39, 0.29) is 0 Å². The van der Waals surface area contributed by atoms with Gasteiger partial charge in [0.25, 0.3) is 0 Å². The zero-order valence-corrected chi connectivity index (χ0v) is 11.9. The van der Waals surface area contributed by atoms with E-state index in [1.165, 1.54) is 49.2 Å². The van der Waals surface area contributed by atoms with Crippen molar-refractivity contribution in [2.45, 2.75) is 52.5 Å². The smallest absolute Gasteiger partial charge is 0.0798 e. The van der Waals surface area contributed by atoms with Gasteiger partial charge in [-0.1, -0.05) is 26.2 Å². The lowest BCUT2D eigenvalue weighted by Gasteiger charge is -2.27. The van der Waals surface area contributed by atoms with Gasteiger partial charge in [0, 0.05) is 11.4 Å². The predicted molar refractivity (Wildman–Crippen MR) is 74.3 cm³/mol. The van der Waals surface area contributed by atoms with Crippen LogP contribution in [0.1, 0.15) is 49.6 Å².